The Labute approximate surface area is 138 Å². The molecular formula is C16H31BrO4. The Morgan fingerprint density at radius 3 is 1.90 bits per heavy atom. The highest BCUT2D eigenvalue weighted by molar-refractivity contribution is 9.09. The number of ether oxygens (including phenoxy) is 4. The van der Waals surface area contributed by atoms with Crippen LogP contribution in [0.5, 0.6) is 0 Å². The van der Waals surface area contributed by atoms with Crippen molar-refractivity contribution in [1.82, 2.24) is 0 Å². The average Bonchev–Trinajstić information content (AvgIpc) is 2.47. The highest BCUT2D eigenvalue weighted by Gasteiger charge is 2.47. The van der Waals surface area contributed by atoms with Gasteiger partial charge in [-0.05, 0) is 12.8 Å². The predicted octanol–water partition coefficient (Wildman–Crippen LogP) is 3.41. The van der Waals surface area contributed by atoms with Crippen molar-refractivity contribution in [3.05, 3.63) is 0 Å². The van der Waals surface area contributed by atoms with Gasteiger partial charge >= 0.3 is 0 Å². The van der Waals surface area contributed by atoms with E-state index in [2.05, 4.69) is 36.7 Å². The fourth-order valence-corrected chi connectivity index (χ4v) is 2.79. The van der Waals surface area contributed by atoms with Gasteiger partial charge in [-0.2, -0.15) is 0 Å². The van der Waals surface area contributed by atoms with Crippen molar-refractivity contribution >= 4 is 15.9 Å². The molecule has 0 bridgehead atoms. The van der Waals surface area contributed by atoms with Crippen LogP contribution in [0.3, 0.4) is 0 Å². The SMILES string of the molecule is CCCCOCCOCCOCCOC1CC(Br)C1(C)C. The first-order valence-corrected chi connectivity index (χ1v) is 8.99. The molecule has 5 heteroatoms. The van der Waals surface area contributed by atoms with Crippen molar-refractivity contribution in [2.75, 3.05) is 46.2 Å². The van der Waals surface area contributed by atoms with E-state index < -0.39 is 0 Å². The van der Waals surface area contributed by atoms with E-state index in [4.69, 9.17) is 18.9 Å². The second-order valence-corrected chi connectivity index (χ2v) is 7.18. The molecule has 0 aromatic carbocycles. The Balaban J connectivity index is 1.77. The minimum Gasteiger partial charge on any atom is -0.379 e. The second kappa shape index (κ2) is 10.9. The zero-order chi connectivity index (χ0) is 15.6. The first kappa shape index (κ1) is 19.4. The number of alkyl halides is 1. The zero-order valence-corrected chi connectivity index (χ0v) is 15.3. The largest absolute Gasteiger partial charge is 0.379 e. The molecule has 0 spiro atoms. The molecule has 0 heterocycles. The summed E-state index contributed by atoms with van der Waals surface area (Å²) in [5, 5.41) is 0. The highest BCUT2D eigenvalue weighted by Crippen LogP contribution is 2.47. The molecule has 1 saturated carbocycles. The summed E-state index contributed by atoms with van der Waals surface area (Å²) in [7, 11) is 0. The summed E-state index contributed by atoms with van der Waals surface area (Å²) in [4.78, 5) is 0.573. The molecule has 1 aliphatic rings. The lowest BCUT2D eigenvalue weighted by molar-refractivity contribution is -0.101. The molecule has 2 atom stereocenters. The van der Waals surface area contributed by atoms with Crippen LogP contribution < -0.4 is 0 Å². The van der Waals surface area contributed by atoms with Crippen LogP contribution in [-0.4, -0.2) is 57.2 Å². The van der Waals surface area contributed by atoms with E-state index in [-0.39, 0.29) is 5.41 Å². The lowest BCUT2D eigenvalue weighted by Crippen LogP contribution is -2.51. The first-order chi connectivity index (χ1) is 10.1. The van der Waals surface area contributed by atoms with E-state index in [1.807, 2.05) is 0 Å². The highest BCUT2D eigenvalue weighted by atomic mass is 79.9. The van der Waals surface area contributed by atoms with Crippen molar-refractivity contribution in [1.29, 1.82) is 0 Å². The van der Waals surface area contributed by atoms with Crippen molar-refractivity contribution in [2.45, 2.75) is 51.0 Å². The van der Waals surface area contributed by atoms with Crippen molar-refractivity contribution in [3.63, 3.8) is 0 Å². The van der Waals surface area contributed by atoms with Gasteiger partial charge in [-0.3, -0.25) is 0 Å². The molecule has 0 radical (unpaired) electrons. The standard InChI is InChI=1S/C16H31BrO4/c1-4-5-6-18-7-8-19-9-10-20-11-12-21-15-13-14(17)16(15,2)3/h14-15H,4-13H2,1-3H3. The van der Waals surface area contributed by atoms with Crippen molar-refractivity contribution in [3.8, 4) is 0 Å². The molecule has 0 aromatic rings. The van der Waals surface area contributed by atoms with Crippen LogP contribution in [0.4, 0.5) is 0 Å². The molecule has 1 fully saturated rings. The lowest BCUT2D eigenvalue weighted by atomic mass is 9.69. The quantitative estimate of drug-likeness (QED) is 0.369. The molecule has 1 aliphatic carbocycles. The van der Waals surface area contributed by atoms with Crippen LogP contribution in [0.2, 0.25) is 0 Å². The maximum Gasteiger partial charge on any atom is 0.0704 e. The van der Waals surface area contributed by atoms with Crippen molar-refractivity contribution in [2.24, 2.45) is 5.41 Å². The lowest BCUT2D eigenvalue weighted by Gasteiger charge is -2.48. The van der Waals surface area contributed by atoms with Gasteiger partial charge in [-0.25, -0.2) is 0 Å². The van der Waals surface area contributed by atoms with Gasteiger partial charge < -0.3 is 18.9 Å². The summed E-state index contributed by atoms with van der Waals surface area (Å²) in [6.07, 6.45) is 3.73. The molecule has 0 saturated heterocycles. The van der Waals surface area contributed by atoms with E-state index in [0.29, 0.717) is 50.6 Å². The van der Waals surface area contributed by atoms with Crippen LogP contribution in [0.15, 0.2) is 0 Å². The third kappa shape index (κ3) is 7.42. The van der Waals surface area contributed by atoms with E-state index in [1.54, 1.807) is 0 Å². The topological polar surface area (TPSA) is 36.9 Å². The molecule has 21 heavy (non-hydrogen) atoms. The minimum atomic E-state index is 0.237. The van der Waals surface area contributed by atoms with Gasteiger partial charge in [0.1, 0.15) is 0 Å². The molecule has 2 unspecified atom stereocenters. The number of halogens is 1. The zero-order valence-electron chi connectivity index (χ0n) is 13.7. The third-order valence-corrected chi connectivity index (χ3v) is 5.54. The van der Waals surface area contributed by atoms with Gasteiger partial charge in [0.25, 0.3) is 0 Å². The Morgan fingerprint density at radius 1 is 0.905 bits per heavy atom. The predicted molar refractivity (Wildman–Crippen MR) is 88.2 cm³/mol. The summed E-state index contributed by atoms with van der Waals surface area (Å²) >= 11 is 3.66. The molecule has 1 rings (SSSR count). The first-order valence-electron chi connectivity index (χ1n) is 8.08. The smallest absolute Gasteiger partial charge is 0.0704 e. The van der Waals surface area contributed by atoms with Crippen LogP contribution >= 0.6 is 15.9 Å². The molecule has 0 aliphatic heterocycles. The number of hydrogen-bond acceptors (Lipinski definition) is 4. The van der Waals surface area contributed by atoms with Gasteiger partial charge in [-0.15, -0.1) is 0 Å². The molecule has 4 nitrogen and oxygen atoms in total. The van der Waals surface area contributed by atoms with Crippen molar-refractivity contribution < 1.29 is 18.9 Å². The van der Waals surface area contributed by atoms with Crippen LogP contribution in [0.1, 0.15) is 40.0 Å². The van der Waals surface area contributed by atoms with E-state index in [9.17, 15) is 0 Å². The number of unbranched alkanes of at least 4 members (excludes halogenated alkanes) is 1. The van der Waals surface area contributed by atoms with Gasteiger partial charge in [-0.1, -0.05) is 43.1 Å². The van der Waals surface area contributed by atoms with E-state index >= 15 is 0 Å². The Hall–Kier alpha value is 0.320. The van der Waals surface area contributed by atoms with Gasteiger partial charge in [0.15, 0.2) is 0 Å². The summed E-state index contributed by atoms with van der Waals surface area (Å²) < 4.78 is 22.1. The fourth-order valence-electron chi connectivity index (χ4n) is 2.16. The Morgan fingerprint density at radius 2 is 1.43 bits per heavy atom. The van der Waals surface area contributed by atoms with Gasteiger partial charge in [0, 0.05) is 16.8 Å². The Bertz CT molecular complexity index is 261. The summed E-state index contributed by atoms with van der Waals surface area (Å²) in [6.45, 7) is 11.3. The van der Waals surface area contributed by atoms with Gasteiger partial charge in [0.05, 0.1) is 45.7 Å². The summed E-state index contributed by atoms with van der Waals surface area (Å²) in [5.74, 6) is 0. The monoisotopic (exact) mass is 366 g/mol. The maximum absolute atomic E-state index is 5.83. The Kier molecular flexibility index (Phi) is 10.1. The second-order valence-electron chi connectivity index (χ2n) is 6.07. The average molecular weight is 367 g/mol. The van der Waals surface area contributed by atoms with Crippen LogP contribution in [0.25, 0.3) is 0 Å². The van der Waals surface area contributed by atoms with E-state index in [0.717, 1.165) is 19.4 Å². The van der Waals surface area contributed by atoms with Crippen LogP contribution in [-0.2, 0) is 18.9 Å². The maximum atomic E-state index is 5.83. The number of rotatable bonds is 13. The summed E-state index contributed by atoms with van der Waals surface area (Å²) in [5.41, 5.74) is 0.237. The molecule has 126 valence electrons. The number of hydrogen-bond donors (Lipinski definition) is 0. The fraction of sp³-hybridized carbons (Fsp3) is 1.00. The molecular weight excluding hydrogens is 336 g/mol. The molecule has 0 aromatic heterocycles. The summed E-state index contributed by atoms with van der Waals surface area (Å²) in [6, 6.07) is 0. The molecule has 0 amide bonds. The van der Waals surface area contributed by atoms with Crippen LogP contribution in [0, 0.1) is 5.41 Å². The van der Waals surface area contributed by atoms with E-state index in [1.165, 1.54) is 6.42 Å². The third-order valence-electron chi connectivity index (χ3n) is 3.99. The minimum absolute atomic E-state index is 0.237. The van der Waals surface area contributed by atoms with Gasteiger partial charge in [0.2, 0.25) is 0 Å². The molecule has 0 N–H and O–H groups in total. The normalized spacial score (nSPS) is 24.0.